The van der Waals surface area contributed by atoms with Crippen LogP contribution in [0.1, 0.15) is 19.4 Å². The second-order valence-corrected chi connectivity index (χ2v) is 4.58. The van der Waals surface area contributed by atoms with Crippen LogP contribution in [0.5, 0.6) is 5.75 Å². The molecule has 0 N–H and O–H groups in total. The zero-order valence-corrected chi connectivity index (χ0v) is 10.7. The van der Waals surface area contributed by atoms with E-state index in [1.165, 1.54) is 0 Å². The minimum atomic E-state index is -0.0546. The largest absolute Gasteiger partial charge is 0.484 e. The Labute approximate surface area is 103 Å². The Morgan fingerprint density at radius 3 is 2.81 bits per heavy atom. The highest BCUT2D eigenvalue weighted by Gasteiger charge is 2.10. The van der Waals surface area contributed by atoms with Gasteiger partial charge in [0.2, 0.25) is 0 Å². The second kappa shape index (κ2) is 5.66. The van der Waals surface area contributed by atoms with Gasteiger partial charge in [-0.05, 0) is 18.2 Å². The normalized spacial score (nSPS) is 9.94. The maximum atomic E-state index is 11.4. The zero-order chi connectivity index (χ0) is 12.1. The van der Waals surface area contributed by atoms with Crippen molar-refractivity contribution < 1.29 is 9.53 Å². The molecule has 4 heteroatoms. The zero-order valence-electron chi connectivity index (χ0n) is 9.16. The number of ketones is 1. The lowest BCUT2D eigenvalue weighted by atomic mass is 10.1. The third kappa shape index (κ3) is 3.35. The molecule has 84 valence electrons. The van der Waals surface area contributed by atoms with Gasteiger partial charge in [0, 0.05) is 10.4 Å². The average Bonchev–Trinajstić information content (AvgIpc) is 2.26. The first-order chi connectivity index (χ1) is 7.54. The van der Waals surface area contributed by atoms with Gasteiger partial charge in [0.1, 0.15) is 18.4 Å². The predicted octanol–water partition coefficient (Wildman–Crippen LogP) is 2.92. The summed E-state index contributed by atoms with van der Waals surface area (Å²) >= 11 is 3.27. The van der Waals surface area contributed by atoms with Crippen LogP contribution in [-0.2, 0) is 4.79 Å². The van der Waals surface area contributed by atoms with Crippen molar-refractivity contribution in [2.24, 2.45) is 5.92 Å². The Kier molecular flexibility index (Phi) is 4.51. The molecule has 1 aromatic carbocycles. The van der Waals surface area contributed by atoms with Crippen molar-refractivity contribution in [3.63, 3.8) is 0 Å². The highest BCUT2D eigenvalue weighted by Crippen LogP contribution is 2.22. The summed E-state index contributed by atoms with van der Waals surface area (Å²) in [7, 11) is 0. The van der Waals surface area contributed by atoms with E-state index >= 15 is 0 Å². The van der Waals surface area contributed by atoms with Crippen LogP contribution in [0.3, 0.4) is 0 Å². The van der Waals surface area contributed by atoms with Gasteiger partial charge in [-0.25, -0.2) is 0 Å². The first kappa shape index (κ1) is 12.7. The number of carbonyl (C=O) groups is 1. The van der Waals surface area contributed by atoms with E-state index in [1.54, 1.807) is 18.2 Å². The average molecular weight is 282 g/mol. The van der Waals surface area contributed by atoms with Gasteiger partial charge in [-0.2, -0.15) is 5.26 Å². The molecule has 0 saturated carbocycles. The lowest BCUT2D eigenvalue weighted by molar-refractivity contribution is -0.123. The van der Waals surface area contributed by atoms with Crippen molar-refractivity contribution in [1.82, 2.24) is 0 Å². The summed E-state index contributed by atoms with van der Waals surface area (Å²) in [5.74, 6) is 0.410. The van der Waals surface area contributed by atoms with Crippen LogP contribution < -0.4 is 4.74 Å². The van der Waals surface area contributed by atoms with Crippen molar-refractivity contribution >= 4 is 21.7 Å². The van der Waals surface area contributed by atoms with Crippen molar-refractivity contribution in [3.8, 4) is 11.8 Å². The molecule has 0 aliphatic carbocycles. The molecule has 0 fully saturated rings. The lowest BCUT2D eigenvalue weighted by Crippen LogP contribution is -2.17. The van der Waals surface area contributed by atoms with E-state index in [4.69, 9.17) is 10.00 Å². The fourth-order valence-corrected chi connectivity index (χ4v) is 1.39. The van der Waals surface area contributed by atoms with Crippen LogP contribution >= 0.6 is 15.9 Å². The Hall–Kier alpha value is -1.34. The number of hydrogen-bond acceptors (Lipinski definition) is 3. The number of hydrogen-bond donors (Lipinski definition) is 0. The Morgan fingerprint density at radius 2 is 2.25 bits per heavy atom. The molecule has 3 nitrogen and oxygen atoms in total. The third-order valence-corrected chi connectivity index (χ3v) is 2.57. The highest BCUT2D eigenvalue weighted by molar-refractivity contribution is 9.10. The number of carbonyl (C=O) groups excluding carboxylic acids is 1. The van der Waals surface area contributed by atoms with Gasteiger partial charge in [-0.15, -0.1) is 0 Å². The van der Waals surface area contributed by atoms with Gasteiger partial charge in [0.25, 0.3) is 0 Å². The van der Waals surface area contributed by atoms with E-state index in [0.717, 1.165) is 4.47 Å². The SMILES string of the molecule is CC(C)C(=O)COc1ccc(Br)cc1C#N. The number of Topliss-reactive ketones (excluding diaryl/α,β-unsaturated/α-hetero) is 1. The first-order valence-corrected chi connectivity index (χ1v) is 5.69. The molecule has 0 aliphatic rings. The van der Waals surface area contributed by atoms with E-state index in [9.17, 15) is 4.79 Å². The number of nitriles is 1. The predicted molar refractivity (Wildman–Crippen MR) is 64.2 cm³/mol. The van der Waals surface area contributed by atoms with Gasteiger partial charge < -0.3 is 4.74 Å². The first-order valence-electron chi connectivity index (χ1n) is 4.89. The van der Waals surface area contributed by atoms with Gasteiger partial charge >= 0.3 is 0 Å². The molecule has 0 aliphatic heterocycles. The van der Waals surface area contributed by atoms with Crippen LogP contribution in [0.15, 0.2) is 22.7 Å². The van der Waals surface area contributed by atoms with Crippen LogP contribution in [0.2, 0.25) is 0 Å². The molecule has 0 amide bonds. The maximum Gasteiger partial charge on any atom is 0.172 e. The molecule has 1 aromatic rings. The van der Waals surface area contributed by atoms with Crippen molar-refractivity contribution in [2.75, 3.05) is 6.61 Å². The molecule has 0 saturated heterocycles. The Bertz CT molecular complexity index is 435. The minimum absolute atomic E-state index is 0.00792. The number of halogens is 1. The van der Waals surface area contributed by atoms with Gasteiger partial charge in [0.05, 0.1) is 5.56 Å². The van der Waals surface area contributed by atoms with E-state index in [2.05, 4.69) is 15.9 Å². The third-order valence-electron chi connectivity index (χ3n) is 2.08. The van der Waals surface area contributed by atoms with Crippen LogP contribution in [-0.4, -0.2) is 12.4 Å². The fraction of sp³-hybridized carbons (Fsp3) is 0.333. The van der Waals surface area contributed by atoms with E-state index in [0.29, 0.717) is 11.3 Å². The molecule has 0 aromatic heterocycles. The summed E-state index contributed by atoms with van der Waals surface area (Å²) in [4.78, 5) is 11.4. The summed E-state index contributed by atoms with van der Waals surface area (Å²) in [5.41, 5.74) is 0.422. The summed E-state index contributed by atoms with van der Waals surface area (Å²) in [6.07, 6.45) is 0. The quantitative estimate of drug-likeness (QED) is 0.853. The van der Waals surface area contributed by atoms with Crippen LogP contribution in [0.25, 0.3) is 0 Å². The van der Waals surface area contributed by atoms with Crippen molar-refractivity contribution in [1.29, 1.82) is 5.26 Å². The van der Waals surface area contributed by atoms with E-state index in [-0.39, 0.29) is 18.3 Å². The number of nitrogens with zero attached hydrogens (tertiary/aromatic N) is 1. The van der Waals surface area contributed by atoms with Gasteiger partial charge in [-0.1, -0.05) is 29.8 Å². The Morgan fingerprint density at radius 1 is 1.56 bits per heavy atom. The number of benzene rings is 1. The monoisotopic (exact) mass is 281 g/mol. The standard InChI is InChI=1S/C12H12BrNO2/c1-8(2)11(15)7-16-12-4-3-10(13)5-9(12)6-14/h3-5,8H,7H2,1-2H3. The lowest BCUT2D eigenvalue weighted by Gasteiger charge is -2.08. The van der Waals surface area contributed by atoms with E-state index < -0.39 is 0 Å². The summed E-state index contributed by atoms with van der Waals surface area (Å²) < 4.78 is 6.12. The van der Waals surface area contributed by atoms with Crippen LogP contribution in [0.4, 0.5) is 0 Å². The minimum Gasteiger partial charge on any atom is -0.484 e. The molecule has 16 heavy (non-hydrogen) atoms. The molecule has 1 rings (SSSR count). The molecule has 0 bridgehead atoms. The molecule has 0 heterocycles. The summed E-state index contributed by atoms with van der Waals surface area (Å²) in [5, 5.41) is 8.88. The molecule has 0 radical (unpaired) electrons. The summed E-state index contributed by atoms with van der Waals surface area (Å²) in [6, 6.07) is 7.14. The molecule has 0 atom stereocenters. The molecular weight excluding hydrogens is 270 g/mol. The van der Waals surface area contributed by atoms with Crippen molar-refractivity contribution in [2.45, 2.75) is 13.8 Å². The van der Waals surface area contributed by atoms with E-state index in [1.807, 2.05) is 19.9 Å². The smallest absolute Gasteiger partial charge is 0.172 e. The van der Waals surface area contributed by atoms with Crippen LogP contribution in [0, 0.1) is 17.2 Å². The summed E-state index contributed by atoms with van der Waals surface area (Å²) in [6.45, 7) is 3.64. The number of rotatable bonds is 4. The fourth-order valence-electron chi connectivity index (χ4n) is 1.03. The second-order valence-electron chi connectivity index (χ2n) is 3.66. The number of ether oxygens (including phenoxy) is 1. The van der Waals surface area contributed by atoms with Gasteiger partial charge in [-0.3, -0.25) is 4.79 Å². The van der Waals surface area contributed by atoms with Crippen molar-refractivity contribution in [3.05, 3.63) is 28.2 Å². The Balaban J connectivity index is 2.75. The molecular formula is C12H12BrNO2. The molecule has 0 spiro atoms. The molecule has 0 unspecified atom stereocenters. The topological polar surface area (TPSA) is 50.1 Å². The van der Waals surface area contributed by atoms with Gasteiger partial charge in [0.15, 0.2) is 5.78 Å². The highest BCUT2D eigenvalue weighted by atomic mass is 79.9. The maximum absolute atomic E-state index is 11.4.